The number of carbonyl (C=O) groups excluding carboxylic acids is 4. The quantitative estimate of drug-likeness (QED) is 0.474. The predicted molar refractivity (Wildman–Crippen MR) is 82.1 cm³/mol. The Morgan fingerprint density at radius 3 is 1.38 bits per heavy atom. The Balaban J connectivity index is 0. The van der Waals surface area contributed by atoms with Crippen LogP contribution < -0.4 is 0 Å². The number of alkyl halides is 2. The SMILES string of the molecule is CC(COC(=O)C(C)(C)Br)COC(=O)C(C)(C)Br.O=C=O. The minimum Gasteiger partial charge on any atom is -0.464 e. The second-order valence-corrected chi connectivity index (χ2v) is 9.30. The number of hydrogen-bond acceptors (Lipinski definition) is 6. The molecule has 8 heteroatoms. The molecule has 0 aliphatic carbocycles. The summed E-state index contributed by atoms with van der Waals surface area (Å²) in [6, 6.07) is 0. The Morgan fingerprint density at radius 2 is 1.19 bits per heavy atom. The minimum atomic E-state index is -0.693. The monoisotopic (exact) mass is 430 g/mol. The van der Waals surface area contributed by atoms with E-state index in [0.29, 0.717) is 0 Å². The number of halogens is 2. The Kier molecular flexibility index (Phi) is 10.8. The van der Waals surface area contributed by atoms with Crippen molar-refractivity contribution in [3.05, 3.63) is 0 Å². The van der Waals surface area contributed by atoms with Gasteiger partial charge in [-0.05, 0) is 27.7 Å². The molecule has 0 rings (SSSR count). The Labute approximate surface area is 141 Å². The lowest BCUT2D eigenvalue weighted by molar-refractivity contribution is -0.191. The van der Waals surface area contributed by atoms with Crippen LogP contribution in [0.5, 0.6) is 0 Å². The predicted octanol–water partition coefficient (Wildman–Crippen LogP) is 2.47. The van der Waals surface area contributed by atoms with Crippen molar-refractivity contribution < 1.29 is 28.7 Å². The Morgan fingerprint density at radius 1 is 0.952 bits per heavy atom. The summed E-state index contributed by atoms with van der Waals surface area (Å²) >= 11 is 6.43. The standard InChI is InChI=1S/C12H20Br2O4.CO2/c1-8(6-17-9(15)11(2,3)13)7-18-10(16)12(4,5)14;2-1-3/h8H,6-7H2,1-5H3;. The maximum absolute atomic E-state index is 11.5. The van der Waals surface area contributed by atoms with Crippen molar-refractivity contribution >= 4 is 49.9 Å². The van der Waals surface area contributed by atoms with Gasteiger partial charge in [0.05, 0.1) is 13.2 Å². The van der Waals surface area contributed by atoms with Gasteiger partial charge < -0.3 is 9.47 Å². The van der Waals surface area contributed by atoms with Crippen molar-refractivity contribution in [3.63, 3.8) is 0 Å². The highest BCUT2D eigenvalue weighted by atomic mass is 79.9. The summed E-state index contributed by atoms with van der Waals surface area (Å²) in [6.07, 6.45) is 0.250. The van der Waals surface area contributed by atoms with E-state index in [-0.39, 0.29) is 37.2 Å². The number of esters is 2. The molecule has 21 heavy (non-hydrogen) atoms. The number of carbonyl (C=O) groups is 2. The Hall–Kier alpha value is -0.720. The molecule has 0 atom stereocenters. The molecule has 0 amide bonds. The molecular weight excluding hydrogens is 412 g/mol. The van der Waals surface area contributed by atoms with Gasteiger partial charge in [-0.15, -0.1) is 0 Å². The summed E-state index contributed by atoms with van der Waals surface area (Å²) < 4.78 is 8.81. The fourth-order valence-corrected chi connectivity index (χ4v) is 1.06. The molecule has 0 heterocycles. The van der Waals surface area contributed by atoms with E-state index in [2.05, 4.69) is 31.9 Å². The molecule has 0 saturated carbocycles. The fraction of sp³-hybridized carbons (Fsp3) is 0.769. The second-order valence-electron chi connectivity index (χ2n) is 5.33. The molecule has 6 nitrogen and oxygen atoms in total. The van der Waals surface area contributed by atoms with Crippen LogP contribution in [0.25, 0.3) is 0 Å². The van der Waals surface area contributed by atoms with Gasteiger partial charge in [-0.2, -0.15) is 9.59 Å². The van der Waals surface area contributed by atoms with Crippen LogP contribution in [0.2, 0.25) is 0 Å². The average molecular weight is 432 g/mol. The van der Waals surface area contributed by atoms with E-state index in [9.17, 15) is 9.59 Å². The Bertz CT molecular complexity index is 345. The van der Waals surface area contributed by atoms with Crippen molar-refractivity contribution in [2.24, 2.45) is 5.92 Å². The van der Waals surface area contributed by atoms with Gasteiger partial charge >= 0.3 is 18.1 Å². The van der Waals surface area contributed by atoms with Crippen LogP contribution in [0.1, 0.15) is 34.6 Å². The molecule has 0 spiro atoms. The van der Waals surface area contributed by atoms with E-state index in [4.69, 9.17) is 19.1 Å². The third-order valence-corrected chi connectivity index (χ3v) is 2.62. The molecule has 0 aromatic carbocycles. The number of hydrogen-bond donors (Lipinski definition) is 0. The normalized spacial score (nSPS) is 11.0. The van der Waals surface area contributed by atoms with Crippen LogP contribution in [0, 0.1) is 5.92 Å². The molecule has 122 valence electrons. The molecule has 0 unspecified atom stereocenters. The molecule has 0 radical (unpaired) electrons. The lowest BCUT2D eigenvalue weighted by atomic mass is 10.2. The summed E-state index contributed by atoms with van der Waals surface area (Å²) in [4.78, 5) is 39.2. The first-order chi connectivity index (χ1) is 9.36. The zero-order chi connectivity index (χ0) is 17.3. The molecular formula is C13H20Br2O6. The largest absolute Gasteiger partial charge is 0.464 e. The van der Waals surface area contributed by atoms with Crippen LogP contribution in [0.4, 0.5) is 0 Å². The zero-order valence-electron chi connectivity index (χ0n) is 12.7. The lowest BCUT2D eigenvalue weighted by Gasteiger charge is -2.19. The highest BCUT2D eigenvalue weighted by molar-refractivity contribution is 9.10. The van der Waals surface area contributed by atoms with E-state index in [1.165, 1.54) is 0 Å². The van der Waals surface area contributed by atoms with Crippen LogP contribution in [0.15, 0.2) is 0 Å². The van der Waals surface area contributed by atoms with Gasteiger partial charge in [-0.1, -0.05) is 38.8 Å². The highest BCUT2D eigenvalue weighted by Gasteiger charge is 2.27. The maximum Gasteiger partial charge on any atom is 0.373 e. The van der Waals surface area contributed by atoms with Gasteiger partial charge in [0, 0.05) is 5.92 Å². The van der Waals surface area contributed by atoms with Crippen LogP contribution in [-0.2, 0) is 28.7 Å². The van der Waals surface area contributed by atoms with Gasteiger partial charge in [0.15, 0.2) is 0 Å². The number of ether oxygens (including phenoxy) is 2. The first-order valence-electron chi connectivity index (χ1n) is 6.07. The van der Waals surface area contributed by atoms with Crippen molar-refractivity contribution in [3.8, 4) is 0 Å². The summed E-state index contributed by atoms with van der Waals surface area (Å²) in [7, 11) is 0. The highest BCUT2D eigenvalue weighted by Crippen LogP contribution is 2.19. The maximum atomic E-state index is 11.5. The minimum absolute atomic E-state index is 0.0393. The van der Waals surface area contributed by atoms with Gasteiger partial charge in [-0.3, -0.25) is 9.59 Å². The molecule has 0 aliphatic heterocycles. The van der Waals surface area contributed by atoms with Gasteiger partial charge in [0.2, 0.25) is 0 Å². The first-order valence-corrected chi connectivity index (χ1v) is 7.66. The van der Waals surface area contributed by atoms with Crippen molar-refractivity contribution in [1.29, 1.82) is 0 Å². The molecule has 0 bridgehead atoms. The lowest BCUT2D eigenvalue weighted by Crippen LogP contribution is -2.31. The molecule has 0 aromatic rings. The van der Waals surface area contributed by atoms with Gasteiger partial charge in [0.25, 0.3) is 0 Å². The third-order valence-electron chi connectivity index (χ3n) is 1.97. The van der Waals surface area contributed by atoms with Crippen LogP contribution >= 0.6 is 31.9 Å². The second kappa shape index (κ2) is 10.1. The number of rotatable bonds is 6. The van der Waals surface area contributed by atoms with Gasteiger partial charge in [-0.25, -0.2) is 0 Å². The van der Waals surface area contributed by atoms with E-state index >= 15 is 0 Å². The van der Waals surface area contributed by atoms with Crippen molar-refractivity contribution in [2.45, 2.75) is 43.3 Å². The third kappa shape index (κ3) is 12.7. The van der Waals surface area contributed by atoms with Crippen molar-refractivity contribution in [1.82, 2.24) is 0 Å². The summed E-state index contributed by atoms with van der Waals surface area (Å²) in [5.41, 5.74) is 0. The molecule has 0 aliphatic rings. The molecule has 0 fully saturated rings. The summed E-state index contributed by atoms with van der Waals surface area (Å²) in [6.45, 7) is 9.16. The molecule has 0 N–H and O–H groups in total. The van der Waals surface area contributed by atoms with E-state index < -0.39 is 8.65 Å². The van der Waals surface area contributed by atoms with E-state index in [1.54, 1.807) is 27.7 Å². The first kappa shape index (κ1) is 22.6. The average Bonchev–Trinajstić information content (AvgIpc) is 2.31. The molecule has 0 aromatic heterocycles. The smallest absolute Gasteiger partial charge is 0.373 e. The van der Waals surface area contributed by atoms with Crippen LogP contribution in [-0.4, -0.2) is 40.0 Å². The van der Waals surface area contributed by atoms with E-state index in [1.807, 2.05) is 6.92 Å². The van der Waals surface area contributed by atoms with E-state index in [0.717, 1.165) is 0 Å². The fourth-order valence-electron chi connectivity index (χ4n) is 0.827. The molecule has 0 saturated heterocycles. The van der Waals surface area contributed by atoms with Crippen LogP contribution in [0.3, 0.4) is 0 Å². The topological polar surface area (TPSA) is 86.7 Å². The van der Waals surface area contributed by atoms with Crippen molar-refractivity contribution in [2.75, 3.05) is 13.2 Å². The summed E-state index contributed by atoms with van der Waals surface area (Å²) in [5.74, 6) is -0.703. The summed E-state index contributed by atoms with van der Waals surface area (Å²) in [5, 5.41) is 0. The van der Waals surface area contributed by atoms with Gasteiger partial charge in [0.1, 0.15) is 8.65 Å². The zero-order valence-corrected chi connectivity index (χ0v) is 15.9.